The maximum absolute atomic E-state index is 13.5. The van der Waals surface area contributed by atoms with Crippen molar-refractivity contribution in [1.82, 2.24) is 14.8 Å². The fraction of sp³-hybridized carbons (Fsp3) is 0.552. The monoisotopic (exact) mass is 524 g/mol. The van der Waals surface area contributed by atoms with Gasteiger partial charge in [-0.15, -0.1) is 0 Å². The maximum Gasteiger partial charge on any atom is 0.308 e. The summed E-state index contributed by atoms with van der Waals surface area (Å²) in [5.41, 5.74) is 7.49. The minimum Gasteiger partial charge on any atom is -0.481 e. The van der Waals surface area contributed by atoms with Gasteiger partial charge in [0.2, 0.25) is 12.7 Å². The summed E-state index contributed by atoms with van der Waals surface area (Å²) in [6.45, 7) is 4.95. The van der Waals surface area contributed by atoms with Crippen molar-refractivity contribution in [2.75, 3.05) is 39.5 Å². The maximum atomic E-state index is 13.5. The van der Waals surface area contributed by atoms with Crippen LogP contribution in [0.15, 0.2) is 42.6 Å². The van der Waals surface area contributed by atoms with E-state index in [1.165, 1.54) is 0 Å². The number of hydrogen-bond donors (Lipinski definition) is 2. The van der Waals surface area contributed by atoms with E-state index < -0.39 is 11.9 Å². The average Bonchev–Trinajstić information content (AvgIpc) is 3.54. The van der Waals surface area contributed by atoms with Gasteiger partial charge in [-0.05, 0) is 68.5 Å². The van der Waals surface area contributed by atoms with Gasteiger partial charge in [0, 0.05) is 43.5 Å². The number of ether oxygens (including phenoxy) is 2. The van der Waals surface area contributed by atoms with Gasteiger partial charge in [0.25, 0.3) is 0 Å². The zero-order valence-electron chi connectivity index (χ0n) is 22.3. The van der Waals surface area contributed by atoms with E-state index in [1.807, 2.05) is 41.3 Å². The third-order valence-electron chi connectivity index (χ3n) is 7.64. The molecule has 1 aromatic carbocycles. The molecule has 9 heteroatoms. The van der Waals surface area contributed by atoms with Crippen LogP contribution in [0.25, 0.3) is 0 Å². The molecule has 1 unspecified atom stereocenters. The molecule has 1 aromatic heterocycles. The summed E-state index contributed by atoms with van der Waals surface area (Å²) in [4.78, 5) is 34.7. The number of hydrogen-bond acceptors (Lipinski definition) is 7. The largest absolute Gasteiger partial charge is 0.481 e. The molecule has 1 fully saturated rings. The zero-order chi connectivity index (χ0) is 26.9. The van der Waals surface area contributed by atoms with E-state index in [0.29, 0.717) is 50.5 Å². The molecule has 2 aromatic rings. The highest BCUT2D eigenvalue weighted by atomic mass is 16.7. The molecule has 0 aliphatic carbocycles. The summed E-state index contributed by atoms with van der Waals surface area (Å²) in [5, 5.41) is 10.4. The van der Waals surface area contributed by atoms with Gasteiger partial charge >= 0.3 is 5.97 Å². The highest BCUT2D eigenvalue weighted by Crippen LogP contribution is 2.43. The molecular formula is C29H40N4O5. The van der Waals surface area contributed by atoms with Crippen LogP contribution in [0.4, 0.5) is 0 Å². The number of aryl methyl sites for hydroxylation is 1. The fourth-order valence-electron chi connectivity index (χ4n) is 5.61. The highest BCUT2D eigenvalue weighted by Gasteiger charge is 2.47. The molecule has 2 aliphatic heterocycles. The van der Waals surface area contributed by atoms with Crippen LogP contribution in [-0.4, -0.2) is 77.3 Å². The van der Waals surface area contributed by atoms with Crippen LogP contribution in [0.2, 0.25) is 0 Å². The number of pyridine rings is 1. The first-order chi connectivity index (χ1) is 18.5. The number of nitrogens with zero attached hydrogens (tertiary/aromatic N) is 3. The third-order valence-corrected chi connectivity index (χ3v) is 7.64. The van der Waals surface area contributed by atoms with Gasteiger partial charge in [0.15, 0.2) is 11.5 Å². The number of amides is 1. The Labute approximate surface area is 224 Å². The first-order valence-corrected chi connectivity index (χ1v) is 13.8. The van der Waals surface area contributed by atoms with Crippen molar-refractivity contribution in [3.05, 3.63) is 53.9 Å². The molecule has 3 heterocycles. The Hall–Kier alpha value is -3.17. The number of aliphatic carboxylic acids is 1. The molecule has 9 nitrogen and oxygen atoms in total. The molecule has 3 N–H and O–H groups in total. The molecular weight excluding hydrogens is 484 g/mol. The van der Waals surface area contributed by atoms with Crippen LogP contribution in [0.3, 0.4) is 0 Å². The number of carbonyl (C=O) groups is 2. The van der Waals surface area contributed by atoms with Crippen LogP contribution in [0.5, 0.6) is 11.5 Å². The number of likely N-dealkylation sites (tertiary alicyclic amines) is 1. The van der Waals surface area contributed by atoms with Crippen LogP contribution in [0, 0.1) is 5.92 Å². The van der Waals surface area contributed by atoms with Gasteiger partial charge < -0.3 is 25.2 Å². The van der Waals surface area contributed by atoms with Crippen LogP contribution < -0.4 is 15.2 Å². The van der Waals surface area contributed by atoms with E-state index in [9.17, 15) is 14.7 Å². The van der Waals surface area contributed by atoms with Crippen LogP contribution in [0.1, 0.15) is 56.2 Å². The van der Waals surface area contributed by atoms with Gasteiger partial charge in [0.05, 0.1) is 12.5 Å². The van der Waals surface area contributed by atoms with E-state index in [4.69, 9.17) is 15.2 Å². The number of carboxylic acids is 1. The number of carboxylic acid groups (broad SMARTS) is 1. The minimum absolute atomic E-state index is 0.0498. The van der Waals surface area contributed by atoms with Gasteiger partial charge in [-0.3, -0.25) is 19.5 Å². The second-order valence-electron chi connectivity index (χ2n) is 10.2. The molecule has 1 saturated heterocycles. The molecule has 0 radical (unpaired) electrons. The summed E-state index contributed by atoms with van der Waals surface area (Å²) >= 11 is 0. The van der Waals surface area contributed by atoms with Crippen molar-refractivity contribution in [2.24, 2.45) is 11.7 Å². The Kier molecular flexibility index (Phi) is 9.95. The molecule has 4 rings (SSSR count). The summed E-state index contributed by atoms with van der Waals surface area (Å²) in [6.07, 6.45) is 6.68. The molecule has 2 aliphatic rings. The quantitative estimate of drug-likeness (QED) is 0.362. The topological polar surface area (TPSA) is 118 Å². The van der Waals surface area contributed by atoms with Crippen molar-refractivity contribution in [3.8, 4) is 11.5 Å². The molecule has 0 spiro atoms. The Morgan fingerprint density at radius 1 is 1.13 bits per heavy atom. The molecule has 206 valence electrons. The Balaban J connectivity index is 1.57. The average molecular weight is 525 g/mol. The Morgan fingerprint density at radius 2 is 1.95 bits per heavy atom. The summed E-state index contributed by atoms with van der Waals surface area (Å²) in [7, 11) is 0. The molecule has 0 bridgehead atoms. The number of nitrogens with two attached hydrogens (primary N) is 1. The highest BCUT2D eigenvalue weighted by molar-refractivity contribution is 5.79. The van der Waals surface area contributed by atoms with Crippen molar-refractivity contribution < 1.29 is 24.2 Å². The van der Waals surface area contributed by atoms with E-state index in [2.05, 4.69) is 16.8 Å². The van der Waals surface area contributed by atoms with Crippen LogP contribution in [-0.2, 0) is 16.0 Å². The SMILES string of the molecule is CCCCN(CCCCN)C(=O)CN1C[C@H](c2ccc3c(c2)OCO3)C(C(=O)O)[C@@H]1CCc1ccccn1. The Bertz CT molecular complexity index is 1070. The summed E-state index contributed by atoms with van der Waals surface area (Å²) in [6, 6.07) is 11.1. The first kappa shape index (κ1) is 27.9. The number of unbranched alkanes of at least 4 members (excludes halogenated alkanes) is 2. The minimum atomic E-state index is -0.848. The normalized spacial score (nSPS) is 20.5. The molecule has 0 saturated carbocycles. The molecule has 3 atom stereocenters. The van der Waals surface area contributed by atoms with Crippen molar-refractivity contribution in [1.29, 1.82) is 0 Å². The lowest BCUT2D eigenvalue weighted by Crippen LogP contribution is -2.45. The lowest BCUT2D eigenvalue weighted by atomic mass is 9.83. The smallest absolute Gasteiger partial charge is 0.308 e. The molecule has 38 heavy (non-hydrogen) atoms. The van der Waals surface area contributed by atoms with Gasteiger partial charge in [-0.25, -0.2) is 0 Å². The second kappa shape index (κ2) is 13.6. The predicted molar refractivity (Wildman–Crippen MR) is 144 cm³/mol. The van der Waals surface area contributed by atoms with Crippen molar-refractivity contribution in [3.63, 3.8) is 0 Å². The molecule has 1 amide bonds. The second-order valence-corrected chi connectivity index (χ2v) is 10.2. The summed E-state index contributed by atoms with van der Waals surface area (Å²) in [5.74, 6) is -0.426. The third kappa shape index (κ3) is 6.82. The van der Waals surface area contributed by atoms with Gasteiger partial charge in [0.1, 0.15) is 0 Å². The van der Waals surface area contributed by atoms with Gasteiger partial charge in [-0.2, -0.15) is 0 Å². The van der Waals surface area contributed by atoms with Crippen molar-refractivity contribution >= 4 is 11.9 Å². The lowest BCUT2D eigenvalue weighted by Gasteiger charge is -2.29. The van der Waals surface area contributed by atoms with Crippen LogP contribution >= 0.6 is 0 Å². The number of rotatable bonds is 14. The number of fused-ring (bicyclic) bond motifs is 1. The zero-order valence-corrected chi connectivity index (χ0v) is 22.3. The number of carbonyl (C=O) groups excluding carboxylic acids is 1. The van der Waals surface area contributed by atoms with E-state index in [1.54, 1.807) is 6.20 Å². The van der Waals surface area contributed by atoms with E-state index >= 15 is 0 Å². The van der Waals surface area contributed by atoms with Crippen molar-refractivity contribution in [2.45, 2.75) is 57.4 Å². The number of aromatic nitrogens is 1. The van der Waals surface area contributed by atoms with E-state index in [0.717, 1.165) is 36.9 Å². The van der Waals surface area contributed by atoms with Gasteiger partial charge in [-0.1, -0.05) is 25.5 Å². The number of benzene rings is 1. The summed E-state index contributed by atoms with van der Waals surface area (Å²) < 4.78 is 11.0. The van der Waals surface area contributed by atoms with E-state index in [-0.39, 0.29) is 31.2 Å². The standard InChI is InChI=1S/C29H40N4O5/c1-2-3-15-32(16-7-5-13-30)27(34)19-33-18-23(21-9-12-25-26(17-21)38-20-37-25)28(29(35)36)24(33)11-10-22-8-4-6-14-31-22/h4,6,8-9,12,14,17,23-24,28H,2-3,5,7,10-11,13,15-16,18-20,30H2,1H3,(H,35,36)/t23-,24+,28?/m1/s1. The lowest BCUT2D eigenvalue weighted by molar-refractivity contribution is -0.143. The fourth-order valence-corrected chi connectivity index (χ4v) is 5.61. The predicted octanol–water partition coefficient (Wildman–Crippen LogP) is 3.28. The first-order valence-electron chi connectivity index (χ1n) is 13.8. The Morgan fingerprint density at radius 3 is 2.68 bits per heavy atom.